The van der Waals surface area contributed by atoms with Crippen molar-refractivity contribution in [2.24, 2.45) is 5.92 Å². The van der Waals surface area contributed by atoms with Crippen LogP contribution in [0, 0.1) is 5.92 Å². The summed E-state index contributed by atoms with van der Waals surface area (Å²) in [7, 11) is 0. The molecule has 1 unspecified atom stereocenters. The third-order valence-electron chi connectivity index (χ3n) is 4.87. The van der Waals surface area contributed by atoms with Crippen molar-refractivity contribution in [3.05, 3.63) is 39.7 Å². The SMILES string of the molecule is CCOC(=O)C1CCCN(Cc2c(O)ccc3cc(C(C)=O)c(=O)oc23)C1. The van der Waals surface area contributed by atoms with Gasteiger partial charge >= 0.3 is 11.6 Å². The number of hydrogen-bond acceptors (Lipinski definition) is 7. The number of hydrogen-bond donors (Lipinski definition) is 1. The highest BCUT2D eigenvalue weighted by Gasteiger charge is 2.28. The molecule has 0 spiro atoms. The molecule has 27 heavy (non-hydrogen) atoms. The van der Waals surface area contributed by atoms with Gasteiger partial charge in [-0.15, -0.1) is 0 Å². The van der Waals surface area contributed by atoms with E-state index in [4.69, 9.17) is 9.15 Å². The van der Waals surface area contributed by atoms with Crippen molar-refractivity contribution in [1.82, 2.24) is 4.90 Å². The number of likely N-dealkylation sites (tertiary alicyclic amines) is 1. The summed E-state index contributed by atoms with van der Waals surface area (Å²) in [5.74, 6) is -0.762. The Bertz CT molecular complexity index is 932. The molecule has 1 fully saturated rings. The molecule has 2 heterocycles. The molecule has 144 valence electrons. The van der Waals surface area contributed by atoms with E-state index in [1.165, 1.54) is 19.1 Å². The minimum Gasteiger partial charge on any atom is -0.507 e. The van der Waals surface area contributed by atoms with E-state index in [2.05, 4.69) is 0 Å². The molecule has 1 atom stereocenters. The molecule has 7 heteroatoms. The van der Waals surface area contributed by atoms with E-state index in [1.54, 1.807) is 13.0 Å². The van der Waals surface area contributed by atoms with Crippen molar-refractivity contribution >= 4 is 22.7 Å². The van der Waals surface area contributed by atoms with Crippen LogP contribution < -0.4 is 5.63 Å². The Kier molecular flexibility index (Phi) is 5.60. The number of carbonyl (C=O) groups is 2. The Balaban J connectivity index is 1.91. The Hall–Kier alpha value is -2.67. The van der Waals surface area contributed by atoms with Gasteiger partial charge in [0.05, 0.1) is 18.1 Å². The largest absolute Gasteiger partial charge is 0.507 e. The van der Waals surface area contributed by atoms with Gasteiger partial charge in [0.1, 0.15) is 16.9 Å². The number of nitrogens with zero attached hydrogens (tertiary/aromatic N) is 1. The van der Waals surface area contributed by atoms with Gasteiger partial charge in [0.25, 0.3) is 0 Å². The molecule has 1 aromatic heterocycles. The average Bonchev–Trinajstić information content (AvgIpc) is 2.64. The normalized spacial score (nSPS) is 17.8. The number of carbonyl (C=O) groups excluding carboxylic acids is 2. The van der Waals surface area contributed by atoms with Crippen molar-refractivity contribution in [3.8, 4) is 5.75 Å². The Morgan fingerprint density at radius 3 is 2.85 bits per heavy atom. The van der Waals surface area contributed by atoms with E-state index in [0.717, 1.165) is 19.4 Å². The first-order valence-corrected chi connectivity index (χ1v) is 9.09. The molecule has 0 amide bonds. The van der Waals surface area contributed by atoms with Crippen LogP contribution in [0.5, 0.6) is 5.75 Å². The molecule has 1 N–H and O–H groups in total. The highest BCUT2D eigenvalue weighted by molar-refractivity contribution is 5.97. The lowest BCUT2D eigenvalue weighted by molar-refractivity contribution is -0.150. The fraction of sp³-hybridized carbons (Fsp3) is 0.450. The molecule has 0 aliphatic carbocycles. The van der Waals surface area contributed by atoms with E-state index >= 15 is 0 Å². The second-order valence-electron chi connectivity index (χ2n) is 6.81. The number of aromatic hydroxyl groups is 1. The quantitative estimate of drug-likeness (QED) is 0.488. The summed E-state index contributed by atoms with van der Waals surface area (Å²) in [5.41, 5.74) is 0.0110. The standard InChI is InChI=1S/C20H23NO6/c1-3-26-19(24)14-5-4-8-21(10-14)11-16-17(23)7-6-13-9-15(12(2)22)20(25)27-18(13)16/h6-7,9,14,23H,3-5,8,10-11H2,1-2H3. The molecule has 3 rings (SSSR count). The highest BCUT2D eigenvalue weighted by Crippen LogP contribution is 2.30. The van der Waals surface area contributed by atoms with Crippen LogP contribution in [-0.4, -0.2) is 41.5 Å². The van der Waals surface area contributed by atoms with Crippen LogP contribution in [0.1, 0.15) is 42.6 Å². The number of ketones is 1. The van der Waals surface area contributed by atoms with Gasteiger partial charge in [-0.05, 0) is 51.4 Å². The van der Waals surface area contributed by atoms with Crippen LogP contribution in [0.2, 0.25) is 0 Å². The van der Waals surface area contributed by atoms with Crippen molar-refractivity contribution in [2.45, 2.75) is 33.2 Å². The summed E-state index contributed by atoms with van der Waals surface area (Å²) in [6, 6.07) is 4.62. The third-order valence-corrected chi connectivity index (χ3v) is 4.87. The predicted octanol–water partition coefficient (Wildman–Crippen LogP) is 2.48. The maximum atomic E-state index is 12.1. The summed E-state index contributed by atoms with van der Waals surface area (Å²) in [6.45, 7) is 5.06. The second kappa shape index (κ2) is 7.92. The van der Waals surface area contributed by atoms with Crippen molar-refractivity contribution < 1.29 is 23.8 Å². The van der Waals surface area contributed by atoms with Crippen LogP contribution in [-0.2, 0) is 16.1 Å². The number of esters is 1. The zero-order valence-corrected chi connectivity index (χ0v) is 15.5. The van der Waals surface area contributed by atoms with Crippen molar-refractivity contribution in [3.63, 3.8) is 0 Å². The first kappa shape index (κ1) is 19.1. The second-order valence-corrected chi connectivity index (χ2v) is 6.81. The van der Waals surface area contributed by atoms with Gasteiger partial charge < -0.3 is 14.3 Å². The number of benzene rings is 1. The number of piperidine rings is 1. The molecule has 2 aromatic rings. The molecule has 0 bridgehead atoms. The lowest BCUT2D eigenvalue weighted by atomic mass is 9.97. The summed E-state index contributed by atoms with van der Waals surface area (Å²) >= 11 is 0. The molecule has 1 aliphatic rings. The van der Waals surface area contributed by atoms with Gasteiger partial charge in [0, 0.05) is 18.5 Å². The number of phenols is 1. The number of phenolic OH excluding ortho intramolecular Hbond substituents is 1. The maximum absolute atomic E-state index is 12.1. The monoisotopic (exact) mass is 373 g/mol. The smallest absolute Gasteiger partial charge is 0.347 e. The fourth-order valence-electron chi connectivity index (χ4n) is 3.51. The number of rotatable bonds is 5. The molecule has 7 nitrogen and oxygen atoms in total. The van der Waals surface area contributed by atoms with Gasteiger partial charge in [-0.25, -0.2) is 4.79 Å². The zero-order valence-electron chi connectivity index (χ0n) is 15.5. The Labute approximate surface area is 156 Å². The molecular weight excluding hydrogens is 350 g/mol. The number of Topliss-reactive ketones (excluding diaryl/α,β-unsaturated/α-hetero) is 1. The van der Waals surface area contributed by atoms with Gasteiger partial charge in [-0.2, -0.15) is 0 Å². The van der Waals surface area contributed by atoms with Crippen LogP contribution in [0.3, 0.4) is 0 Å². The number of fused-ring (bicyclic) bond motifs is 1. The van der Waals surface area contributed by atoms with Crippen molar-refractivity contribution in [2.75, 3.05) is 19.7 Å². The lowest BCUT2D eigenvalue weighted by Crippen LogP contribution is -2.39. The Morgan fingerprint density at radius 2 is 2.15 bits per heavy atom. The van der Waals surface area contributed by atoms with E-state index in [9.17, 15) is 19.5 Å². The summed E-state index contributed by atoms with van der Waals surface area (Å²) in [6.07, 6.45) is 1.61. The fourth-order valence-corrected chi connectivity index (χ4v) is 3.51. The summed E-state index contributed by atoms with van der Waals surface area (Å²) < 4.78 is 10.5. The number of ether oxygens (including phenoxy) is 1. The minimum absolute atomic E-state index is 0.0134. The van der Waals surface area contributed by atoms with Gasteiger partial charge in [-0.1, -0.05) is 0 Å². The third kappa shape index (κ3) is 4.03. The van der Waals surface area contributed by atoms with Gasteiger partial charge in [0.15, 0.2) is 5.78 Å². The highest BCUT2D eigenvalue weighted by atomic mass is 16.5. The molecule has 1 aromatic carbocycles. The van der Waals surface area contributed by atoms with Gasteiger partial charge in [0.2, 0.25) is 0 Å². The topological polar surface area (TPSA) is 97.0 Å². The molecule has 0 saturated carbocycles. The lowest BCUT2D eigenvalue weighted by Gasteiger charge is -2.31. The van der Waals surface area contributed by atoms with Crippen LogP contribution in [0.4, 0.5) is 0 Å². The van der Waals surface area contributed by atoms with E-state index < -0.39 is 5.63 Å². The maximum Gasteiger partial charge on any atom is 0.347 e. The average molecular weight is 373 g/mol. The van der Waals surface area contributed by atoms with E-state index in [-0.39, 0.29) is 34.6 Å². The zero-order chi connectivity index (χ0) is 19.6. The molecular formula is C20H23NO6. The molecule has 0 radical (unpaired) electrons. The van der Waals surface area contributed by atoms with Gasteiger partial charge in [-0.3, -0.25) is 14.5 Å². The Morgan fingerprint density at radius 1 is 1.37 bits per heavy atom. The van der Waals surface area contributed by atoms with Crippen molar-refractivity contribution in [1.29, 1.82) is 0 Å². The van der Waals surface area contributed by atoms with E-state index in [1.807, 2.05) is 4.90 Å². The van der Waals surface area contributed by atoms with Crippen LogP contribution in [0.25, 0.3) is 11.0 Å². The molecule has 1 saturated heterocycles. The minimum atomic E-state index is -0.718. The summed E-state index contributed by atoms with van der Waals surface area (Å²) in [4.78, 5) is 37.7. The first-order valence-electron chi connectivity index (χ1n) is 9.09. The predicted molar refractivity (Wildman–Crippen MR) is 98.8 cm³/mol. The van der Waals surface area contributed by atoms with E-state index in [0.29, 0.717) is 30.6 Å². The first-order chi connectivity index (χ1) is 12.9. The van der Waals surface area contributed by atoms with Crippen LogP contribution in [0.15, 0.2) is 27.4 Å². The summed E-state index contributed by atoms with van der Waals surface area (Å²) in [5, 5.41) is 10.9. The molecule has 1 aliphatic heterocycles. The van der Waals surface area contributed by atoms with Crippen LogP contribution >= 0.6 is 0 Å².